The summed E-state index contributed by atoms with van der Waals surface area (Å²) < 4.78 is 1.96. The molecule has 1 heterocycles. The lowest BCUT2D eigenvalue weighted by atomic mass is 9.98. The molecule has 0 aromatic carbocycles. The van der Waals surface area contributed by atoms with Crippen LogP contribution in [-0.2, 0) is 13.1 Å². The van der Waals surface area contributed by atoms with Gasteiger partial charge in [0.2, 0.25) is 0 Å². The van der Waals surface area contributed by atoms with Crippen LogP contribution >= 0.6 is 0 Å². The molecular formula is C16H30N4. The van der Waals surface area contributed by atoms with Gasteiger partial charge in [0.1, 0.15) is 0 Å². The van der Waals surface area contributed by atoms with Gasteiger partial charge in [-0.05, 0) is 31.1 Å². The van der Waals surface area contributed by atoms with E-state index in [1.807, 2.05) is 4.68 Å². The van der Waals surface area contributed by atoms with E-state index in [9.17, 15) is 0 Å². The standard InChI is InChI=1S/C16H30N4/c1-4-14-6-5-7-15(9-8-14)17-10-16-12-20(19-18-16)11-13(2)3/h12-15,17H,4-11H2,1-3H3. The molecular weight excluding hydrogens is 248 g/mol. The van der Waals surface area contributed by atoms with E-state index in [1.165, 1.54) is 38.5 Å². The zero-order valence-electron chi connectivity index (χ0n) is 13.3. The lowest BCUT2D eigenvalue weighted by Gasteiger charge is -2.15. The Labute approximate surface area is 123 Å². The van der Waals surface area contributed by atoms with E-state index in [-0.39, 0.29) is 0 Å². The molecule has 20 heavy (non-hydrogen) atoms. The number of hydrogen-bond donors (Lipinski definition) is 1. The molecule has 0 aliphatic heterocycles. The van der Waals surface area contributed by atoms with Crippen molar-refractivity contribution in [3.8, 4) is 0 Å². The first-order chi connectivity index (χ1) is 9.67. The first kappa shape index (κ1) is 15.5. The average Bonchev–Trinajstić information content (AvgIpc) is 2.72. The highest BCUT2D eigenvalue weighted by molar-refractivity contribution is 4.92. The summed E-state index contributed by atoms with van der Waals surface area (Å²) in [6, 6.07) is 0.668. The molecule has 4 heteroatoms. The monoisotopic (exact) mass is 278 g/mol. The van der Waals surface area contributed by atoms with Crippen LogP contribution < -0.4 is 5.32 Å². The molecule has 114 valence electrons. The van der Waals surface area contributed by atoms with Gasteiger partial charge in [-0.3, -0.25) is 4.68 Å². The Balaban J connectivity index is 1.75. The summed E-state index contributed by atoms with van der Waals surface area (Å²) in [5.74, 6) is 1.57. The number of hydrogen-bond acceptors (Lipinski definition) is 3. The smallest absolute Gasteiger partial charge is 0.0964 e. The van der Waals surface area contributed by atoms with Crippen molar-refractivity contribution in [2.45, 2.75) is 78.4 Å². The summed E-state index contributed by atoms with van der Waals surface area (Å²) in [4.78, 5) is 0. The van der Waals surface area contributed by atoms with Gasteiger partial charge in [-0.15, -0.1) is 5.10 Å². The maximum Gasteiger partial charge on any atom is 0.0964 e. The van der Waals surface area contributed by atoms with Crippen LogP contribution in [0, 0.1) is 11.8 Å². The van der Waals surface area contributed by atoms with Crippen LogP contribution in [0.25, 0.3) is 0 Å². The Morgan fingerprint density at radius 2 is 2.15 bits per heavy atom. The van der Waals surface area contributed by atoms with E-state index >= 15 is 0 Å². The summed E-state index contributed by atoms with van der Waals surface area (Å²) in [6.07, 6.45) is 10.2. The SMILES string of the molecule is CCC1CCCC(NCc2cn(CC(C)C)nn2)CC1. The zero-order chi connectivity index (χ0) is 14.4. The normalized spacial score (nSPS) is 24.0. The third-order valence-electron chi connectivity index (χ3n) is 4.38. The number of nitrogens with zero attached hydrogens (tertiary/aromatic N) is 3. The Hall–Kier alpha value is -0.900. The first-order valence-electron chi connectivity index (χ1n) is 8.29. The molecule has 2 atom stereocenters. The molecule has 1 aliphatic rings. The van der Waals surface area contributed by atoms with Crippen LogP contribution in [0.15, 0.2) is 6.20 Å². The van der Waals surface area contributed by atoms with Crippen molar-refractivity contribution in [1.82, 2.24) is 20.3 Å². The van der Waals surface area contributed by atoms with Gasteiger partial charge < -0.3 is 5.32 Å². The highest BCUT2D eigenvalue weighted by atomic mass is 15.4. The largest absolute Gasteiger partial charge is 0.308 e. The number of rotatable bonds is 6. The molecule has 1 N–H and O–H groups in total. The molecule has 0 bridgehead atoms. The molecule has 4 nitrogen and oxygen atoms in total. The molecule has 1 aromatic rings. The average molecular weight is 278 g/mol. The molecule has 0 saturated heterocycles. The molecule has 2 rings (SSSR count). The molecule has 1 aromatic heterocycles. The highest BCUT2D eigenvalue weighted by Gasteiger charge is 2.17. The topological polar surface area (TPSA) is 42.7 Å². The Morgan fingerprint density at radius 1 is 1.30 bits per heavy atom. The van der Waals surface area contributed by atoms with Gasteiger partial charge in [-0.1, -0.05) is 45.2 Å². The summed E-state index contributed by atoms with van der Waals surface area (Å²) in [6.45, 7) is 8.55. The third kappa shape index (κ3) is 4.89. The predicted octanol–water partition coefficient (Wildman–Crippen LogP) is 3.38. The van der Waals surface area contributed by atoms with E-state index in [1.54, 1.807) is 0 Å². The second-order valence-corrected chi connectivity index (χ2v) is 6.69. The van der Waals surface area contributed by atoms with E-state index in [0.717, 1.165) is 24.7 Å². The van der Waals surface area contributed by atoms with Crippen molar-refractivity contribution >= 4 is 0 Å². The lowest BCUT2D eigenvalue weighted by Crippen LogP contribution is -2.28. The van der Waals surface area contributed by atoms with Crippen LogP contribution in [0.2, 0.25) is 0 Å². The molecule has 1 saturated carbocycles. The minimum Gasteiger partial charge on any atom is -0.308 e. The van der Waals surface area contributed by atoms with Crippen LogP contribution in [0.5, 0.6) is 0 Å². The zero-order valence-corrected chi connectivity index (χ0v) is 13.3. The van der Waals surface area contributed by atoms with Crippen molar-refractivity contribution in [2.24, 2.45) is 11.8 Å². The van der Waals surface area contributed by atoms with Gasteiger partial charge in [-0.2, -0.15) is 0 Å². The van der Waals surface area contributed by atoms with Crippen molar-refractivity contribution in [2.75, 3.05) is 0 Å². The highest BCUT2D eigenvalue weighted by Crippen LogP contribution is 2.25. The number of aromatic nitrogens is 3. The quantitative estimate of drug-likeness (QED) is 0.811. The van der Waals surface area contributed by atoms with E-state index in [0.29, 0.717) is 12.0 Å². The fraction of sp³-hybridized carbons (Fsp3) is 0.875. The van der Waals surface area contributed by atoms with Crippen molar-refractivity contribution in [1.29, 1.82) is 0 Å². The minimum atomic E-state index is 0.616. The first-order valence-corrected chi connectivity index (χ1v) is 8.29. The molecule has 2 unspecified atom stereocenters. The molecule has 1 fully saturated rings. The van der Waals surface area contributed by atoms with Gasteiger partial charge in [0.15, 0.2) is 0 Å². The maximum absolute atomic E-state index is 4.26. The molecule has 0 radical (unpaired) electrons. The van der Waals surface area contributed by atoms with Crippen molar-refractivity contribution in [3.63, 3.8) is 0 Å². The van der Waals surface area contributed by atoms with Gasteiger partial charge in [0.05, 0.1) is 5.69 Å². The fourth-order valence-electron chi connectivity index (χ4n) is 3.12. The number of nitrogens with one attached hydrogen (secondary N) is 1. The fourth-order valence-corrected chi connectivity index (χ4v) is 3.12. The van der Waals surface area contributed by atoms with Crippen LogP contribution in [0.1, 0.15) is 65.0 Å². The van der Waals surface area contributed by atoms with Crippen LogP contribution in [-0.4, -0.2) is 21.0 Å². The maximum atomic E-state index is 4.26. The van der Waals surface area contributed by atoms with Crippen molar-refractivity contribution < 1.29 is 0 Å². The van der Waals surface area contributed by atoms with Crippen molar-refractivity contribution in [3.05, 3.63) is 11.9 Å². The molecule has 1 aliphatic carbocycles. The van der Waals surface area contributed by atoms with E-state index in [4.69, 9.17) is 0 Å². The Kier molecular flexibility index (Phi) is 6.02. The third-order valence-corrected chi connectivity index (χ3v) is 4.38. The summed E-state index contributed by atoms with van der Waals surface area (Å²) in [5.41, 5.74) is 1.07. The minimum absolute atomic E-state index is 0.616. The van der Waals surface area contributed by atoms with Gasteiger partial charge in [0.25, 0.3) is 0 Å². The Morgan fingerprint density at radius 3 is 2.90 bits per heavy atom. The summed E-state index contributed by atoms with van der Waals surface area (Å²) in [7, 11) is 0. The van der Waals surface area contributed by atoms with Crippen LogP contribution in [0.3, 0.4) is 0 Å². The summed E-state index contributed by atoms with van der Waals surface area (Å²) >= 11 is 0. The van der Waals surface area contributed by atoms with Gasteiger partial charge in [-0.25, -0.2) is 0 Å². The second kappa shape index (κ2) is 7.77. The Bertz CT molecular complexity index is 386. The van der Waals surface area contributed by atoms with E-state index in [2.05, 4.69) is 42.6 Å². The molecule has 0 amide bonds. The summed E-state index contributed by atoms with van der Waals surface area (Å²) in [5, 5.41) is 12.1. The lowest BCUT2D eigenvalue weighted by molar-refractivity contribution is 0.424. The molecule has 0 spiro atoms. The predicted molar refractivity (Wildman–Crippen MR) is 82.4 cm³/mol. The van der Waals surface area contributed by atoms with Gasteiger partial charge >= 0.3 is 0 Å². The van der Waals surface area contributed by atoms with Gasteiger partial charge in [0, 0.05) is 25.3 Å². The van der Waals surface area contributed by atoms with E-state index < -0.39 is 0 Å². The van der Waals surface area contributed by atoms with Crippen LogP contribution in [0.4, 0.5) is 0 Å². The second-order valence-electron chi connectivity index (χ2n) is 6.69.